The smallest absolute Gasteiger partial charge is 0.189 e. The standard InChI is InChI=1S/C20H18N2O3/c23-20-17(11-15-5-9-24-13-15)2-1-16-12-18(3-4-19(16)20)25-10-8-22-7-6-21-14-22/h3-7,9,11-14H,1-2,8,10H2. The first-order valence-corrected chi connectivity index (χ1v) is 8.28. The monoisotopic (exact) mass is 334 g/mol. The molecule has 2 heterocycles. The van der Waals surface area contributed by atoms with E-state index in [1.54, 1.807) is 25.1 Å². The van der Waals surface area contributed by atoms with Gasteiger partial charge >= 0.3 is 0 Å². The molecule has 25 heavy (non-hydrogen) atoms. The number of benzene rings is 1. The molecular formula is C20H18N2O3. The number of nitrogens with zero attached hydrogens (tertiary/aromatic N) is 2. The third kappa shape index (κ3) is 3.40. The number of rotatable bonds is 5. The minimum atomic E-state index is 0.0902. The molecule has 4 rings (SSSR count). The molecule has 3 aromatic rings. The minimum Gasteiger partial charge on any atom is -0.492 e. The van der Waals surface area contributed by atoms with E-state index in [9.17, 15) is 4.79 Å². The van der Waals surface area contributed by atoms with Gasteiger partial charge in [-0.05, 0) is 48.7 Å². The van der Waals surface area contributed by atoms with Gasteiger partial charge in [-0.25, -0.2) is 4.98 Å². The molecule has 0 bridgehead atoms. The van der Waals surface area contributed by atoms with E-state index in [-0.39, 0.29) is 5.78 Å². The zero-order valence-electron chi connectivity index (χ0n) is 13.7. The molecule has 2 aromatic heterocycles. The second-order valence-corrected chi connectivity index (χ2v) is 6.02. The van der Waals surface area contributed by atoms with Crippen LogP contribution in [0.15, 0.2) is 65.5 Å². The maximum atomic E-state index is 12.7. The largest absolute Gasteiger partial charge is 0.492 e. The molecule has 126 valence electrons. The average molecular weight is 334 g/mol. The second kappa shape index (κ2) is 6.81. The summed E-state index contributed by atoms with van der Waals surface area (Å²) in [5, 5.41) is 0. The number of furan rings is 1. The summed E-state index contributed by atoms with van der Waals surface area (Å²) in [6.07, 6.45) is 12.2. The minimum absolute atomic E-state index is 0.0902. The van der Waals surface area contributed by atoms with Crippen LogP contribution in [0.3, 0.4) is 0 Å². The van der Waals surface area contributed by atoms with E-state index in [1.165, 1.54) is 0 Å². The Hall–Kier alpha value is -3.08. The molecule has 0 radical (unpaired) electrons. The number of Topliss-reactive ketones (excluding diaryl/α,β-unsaturated/α-hetero) is 1. The molecule has 0 aliphatic heterocycles. The van der Waals surface area contributed by atoms with Crippen molar-refractivity contribution >= 4 is 11.9 Å². The van der Waals surface area contributed by atoms with Gasteiger partial charge in [0.2, 0.25) is 0 Å². The third-order valence-electron chi connectivity index (χ3n) is 4.34. The maximum Gasteiger partial charge on any atom is 0.189 e. The van der Waals surface area contributed by atoms with Gasteiger partial charge in [0.05, 0.1) is 25.4 Å². The summed E-state index contributed by atoms with van der Waals surface area (Å²) in [5.41, 5.74) is 3.56. The number of allylic oxidation sites excluding steroid dienone is 1. The van der Waals surface area contributed by atoms with Crippen LogP contribution in [-0.4, -0.2) is 21.9 Å². The zero-order valence-corrected chi connectivity index (χ0v) is 13.7. The Kier molecular flexibility index (Phi) is 4.21. The van der Waals surface area contributed by atoms with Crippen molar-refractivity contribution in [1.29, 1.82) is 0 Å². The Morgan fingerprint density at radius 3 is 3.04 bits per heavy atom. The molecule has 0 unspecified atom stereocenters. The van der Waals surface area contributed by atoms with E-state index >= 15 is 0 Å². The van der Waals surface area contributed by atoms with Crippen molar-refractivity contribution in [3.63, 3.8) is 0 Å². The summed E-state index contributed by atoms with van der Waals surface area (Å²) in [6.45, 7) is 1.31. The Labute approximate surface area is 145 Å². The van der Waals surface area contributed by atoms with E-state index in [4.69, 9.17) is 9.15 Å². The molecule has 0 atom stereocenters. The van der Waals surface area contributed by atoms with E-state index in [0.717, 1.165) is 47.4 Å². The van der Waals surface area contributed by atoms with E-state index in [0.29, 0.717) is 6.61 Å². The topological polar surface area (TPSA) is 57.3 Å². The number of aryl methyl sites for hydroxylation is 1. The highest BCUT2D eigenvalue weighted by atomic mass is 16.5. The van der Waals surface area contributed by atoms with Crippen LogP contribution in [0.4, 0.5) is 0 Å². The van der Waals surface area contributed by atoms with Crippen LogP contribution in [0, 0.1) is 0 Å². The molecule has 5 heteroatoms. The number of hydrogen-bond acceptors (Lipinski definition) is 4. The van der Waals surface area contributed by atoms with Crippen molar-refractivity contribution in [3.8, 4) is 5.75 Å². The highest BCUT2D eigenvalue weighted by Gasteiger charge is 2.22. The highest BCUT2D eigenvalue weighted by Crippen LogP contribution is 2.29. The predicted molar refractivity (Wildman–Crippen MR) is 93.5 cm³/mol. The number of fused-ring (bicyclic) bond motifs is 1. The predicted octanol–water partition coefficient (Wildman–Crippen LogP) is 3.77. The number of carbonyl (C=O) groups is 1. The van der Waals surface area contributed by atoms with E-state index in [2.05, 4.69) is 4.98 Å². The van der Waals surface area contributed by atoms with Crippen molar-refractivity contribution in [2.75, 3.05) is 6.61 Å². The van der Waals surface area contributed by atoms with E-state index in [1.807, 2.05) is 41.1 Å². The summed E-state index contributed by atoms with van der Waals surface area (Å²) >= 11 is 0. The Morgan fingerprint density at radius 1 is 1.28 bits per heavy atom. The van der Waals surface area contributed by atoms with E-state index < -0.39 is 0 Å². The molecule has 1 aliphatic carbocycles. The molecule has 1 aromatic carbocycles. The van der Waals surface area contributed by atoms with Gasteiger partial charge in [0, 0.05) is 29.1 Å². The summed E-state index contributed by atoms with van der Waals surface area (Å²) in [4.78, 5) is 16.7. The van der Waals surface area contributed by atoms with Gasteiger partial charge in [-0.2, -0.15) is 0 Å². The summed E-state index contributed by atoms with van der Waals surface area (Å²) in [6, 6.07) is 7.57. The van der Waals surface area contributed by atoms with Crippen LogP contribution in [0.2, 0.25) is 0 Å². The summed E-state index contributed by atoms with van der Waals surface area (Å²) < 4.78 is 12.8. The number of aromatic nitrogens is 2. The van der Waals surface area contributed by atoms with Crippen molar-refractivity contribution in [2.45, 2.75) is 19.4 Å². The first-order valence-electron chi connectivity index (χ1n) is 8.28. The molecule has 5 nitrogen and oxygen atoms in total. The van der Waals surface area contributed by atoms with Gasteiger partial charge in [-0.1, -0.05) is 0 Å². The molecule has 1 aliphatic rings. The van der Waals surface area contributed by atoms with Gasteiger partial charge in [-0.3, -0.25) is 4.79 Å². The third-order valence-corrected chi connectivity index (χ3v) is 4.34. The first kappa shape index (κ1) is 15.4. The molecule has 0 amide bonds. The van der Waals surface area contributed by atoms with Crippen LogP contribution in [0.5, 0.6) is 5.75 Å². The summed E-state index contributed by atoms with van der Waals surface area (Å²) in [5.74, 6) is 0.890. The normalized spacial score (nSPS) is 15.4. The number of ketones is 1. The lowest BCUT2D eigenvalue weighted by Crippen LogP contribution is -2.14. The lowest BCUT2D eigenvalue weighted by atomic mass is 9.86. The number of ether oxygens (including phenoxy) is 1. The van der Waals surface area contributed by atoms with Gasteiger partial charge in [-0.15, -0.1) is 0 Å². The van der Waals surface area contributed by atoms with Crippen LogP contribution < -0.4 is 4.74 Å². The fourth-order valence-electron chi connectivity index (χ4n) is 3.03. The zero-order chi connectivity index (χ0) is 17.1. The molecule has 0 N–H and O–H groups in total. The SMILES string of the molecule is O=C1C(=Cc2ccoc2)CCc2cc(OCCn3ccnc3)ccc21. The average Bonchev–Trinajstić information content (AvgIpc) is 3.31. The van der Waals surface area contributed by atoms with Crippen LogP contribution in [-0.2, 0) is 13.0 Å². The van der Waals surface area contributed by atoms with Gasteiger partial charge < -0.3 is 13.7 Å². The maximum absolute atomic E-state index is 12.7. The molecule has 0 saturated carbocycles. The Morgan fingerprint density at radius 2 is 2.24 bits per heavy atom. The Bertz CT molecular complexity index is 893. The Balaban J connectivity index is 1.46. The number of carbonyl (C=O) groups excluding carboxylic acids is 1. The van der Waals surface area contributed by atoms with Crippen molar-refractivity contribution < 1.29 is 13.9 Å². The van der Waals surface area contributed by atoms with Crippen LogP contribution in [0.25, 0.3) is 6.08 Å². The fourth-order valence-corrected chi connectivity index (χ4v) is 3.03. The van der Waals surface area contributed by atoms with Gasteiger partial charge in [0.25, 0.3) is 0 Å². The lowest BCUT2D eigenvalue weighted by molar-refractivity contribution is 0.102. The highest BCUT2D eigenvalue weighted by molar-refractivity contribution is 6.13. The molecular weight excluding hydrogens is 316 g/mol. The first-order chi connectivity index (χ1) is 12.3. The van der Waals surface area contributed by atoms with Crippen LogP contribution >= 0.6 is 0 Å². The number of imidazole rings is 1. The number of hydrogen-bond donors (Lipinski definition) is 0. The summed E-state index contributed by atoms with van der Waals surface area (Å²) in [7, 11) is 0. The quantitative estimate of drug-likeness (QED) is 0.667. The molecule has 0 saturated heterocycles. The lowest BCUT2D eigenvalue weighted by Gasteiger charge is -2.18. The van der Waals surface area contributed by atoms with Gasteiger partial charge in [0.15, 0.2) is 5.78 Å². The van der Waals surface area contributed by atoms with Crippen molar-refractivity contribution in [2.24, 2.45) is 0 Å². The van der Waals surface area contributed by atoms with Crippen LogP contribution in [0.1, 0.15) is 27.9 Å². The molecule has 0 spiro atoms. The molecule has 0 fully saturated rings. The van der Waals surface area contributed by atoms with Crippen molar-refractivity contribution in [3.05, 3.63) is 77.8 Å². The second-order valence-electron chi connectivity index (χ2n) is 6.02. The fraction of sp³-hybridized carbons (Fsp3) is 0.200. The van der Waals surface area contributed by atoms with Gasteiger partial charge in [0.1, 0.15) is 12.4 Å². The van der Waals surface area contributed by atoms with Crippen molar-refractivity contribution in [1.82, 2.24) is 9.55 Å².